The Bertz CT molecular complexity index is 1090. The van der Waals surface area contributed by atoms with E-state index >= 15 is 0 Å². The molecule has 0 saturated carbocycles. The molecule has 9 nitrogen and oxygen atoms in total. The van der Waals surface area contributed by atoms with Crippen molar-refractivity contribution in [3.8, 4) is 0 Å². The van der Waals surface area contributed by atoms with E-state index in [4.69, 9.17) is 11.6 Å². The number of nitrogens with zero attached hydrogens (tertiary/aromatic N) is 3. The van der Waals surface area contributed by atoms with Gasteiger partial charge in [0, 0.05) is 10.7 Å². The number of hydrazine groups is 1. The Morgan fingerprint density at radius 1 is 1.17 bits per heavy atom. The lowest BCUT2D eigenvalue weighted by Crippen LogP contribution is -2.31. The van der Waals surface area contributed by atoms with E-state index in [0.717, 1.165) is 18.0 Å². The number of aromatic nitrogens is 2. The molecule has 0 fully saturated rings. The smallest absolute Gasteiger partial charge is 0.334 e. The van der Waals surface area contributed by atoms with Crippen molar-refractivity contribution in [3.63, 3.8) is 0 Å². The van der Waals surface area contributed by atoms with Gasteiger partial charge in [0.1, 0.15) is 12.1 Å². The molecular formula is C18H14ClFN6O3. The predicted octanol–water partition coefficient (Wildman–Crippen LogP) is 3.99. The summed E-state index contributed by atoms with van der Waals surface area (Å²) < 4.78 is 13.7. The number of amides is 1. The molecule has 29 heavy (non-hydrogen) atoms. The SMILES string of the molecule is Cc1cc(Cl)ccc1Nc1ncnc(NNC(=O)c2ccccc2F)c1[N+](=O)[O-]. The lowest BCUT2D eigenvalue weighted by atomic mass is 10.2. The third kappa shape index (κ3) is 4.55. The van der Waals surface area contributed by atoms with Crippen molar-refractivity contribution < 1.29 is 14.1 Å². The first-order valence-electron chi connectivity index (χ1n) is 8.20. The van der Waals surface area contributed by atoms with Gasteiger partial charge >= 0.3 is 5.69 Å². The quantitative estimate of drug-likeness (QED) is 0.410. The molecule has 0 radical (unpaired) electrons. The molecule has 0 saturated heterocycles. The van der Waals surface area contributed by atoms with Crippen molar-refractivity contribution in [1.82, 2.24) is 15.4 Å². The maximum Gasteiger partial charge on any atom is 0.355 e. The van der Waals surface area contributed by atoms with Crippen LogP contribution in [0.1, 0.15) is 15.9 Å². The number of anilines is 3. The van der Waals surface area contributed by atoms with Crippen LogP contribution in [0.15, 0.2) is 48.8 Å². The van der Waals surface area contributed by atoms with Crippen LogP contribution in [0.5, 0.6) is 0 Å². The Kier molecular flexibility index (Phi) is 5.84. The summed E-state index contributed by atoms with van der Waals surface area (Å²) in [5, 5.41) is 15.0. The van der Waals surface area contributed by atoms with Crippen LogP contribution in [0.2, 0.25) is 5.02 Å². The minimum absolute atomic E-state index is 0.0990. The van der Waals surface area contributed by atoms with Gasteiger partial charge in [0.15, 0.2) is 0 Å². The van der Waals surface area contributed by atoms with E-state index in [1.807, 2.05) is 0 Å². The van der Waals surface area contributed by atoms with Gasteiger partial charge < -0.3 is 5.32 Å². The van der Waals surface area contributed by atoms with Crippen LogP contribution >= 0.6 is 11.6 Å². The first kappa shape index (κ1) is 20.0. The number of halogens is 2. The summed E-state index contributed by atoms with van der Waals surface area (Å²) in [6.07, 6.45) is 1.08. The molecule has 148 valence electrons. The zero-order valence-electron chi connectivity index (χ0n) is 14.9. The molecule has 0 aliphatic rings. The van der Waals surface area contributed by atoms with Gasteiger partial charge in [-0.1, -0.05) is 23.7 Å². The number of carbonyl (C=O) groups is 1. The van der Waals surface area contributed by atoms with E-state index in [-0.39, 0.29) is 17.2 Å². The second kappa shape index (κ2) is 8.48. The normalized spacial score (nSPS) is 10.3. The van der Waals surface area contributed by atoms with E-state index in [1.54, 1.807) is 25.1 Å². The number of aryl methyl sites for hydroxylation is 1. The zero-order chi connectivity index (χ0) is 21.0. The summed E-state index contributed by atoms with van der Waals surface area (Å²) in [6, 6.07) is 10.3. The maximum atomic E-state index is 13.7. The first-order valence-corrected chi connectivity index (χ1v) is 8.58. The number of hydrogen-bond donors (Lipinski definition) is 3. The van der Waals surface area contributed by atoms with Gasteiger partial charge in [0.05, 0.1) is 10.5 Å². The van der Waals surface area contributed by atoms with Gasteiger partial charge in [0.2, 0.25) is 11.6 Å². The van der Waals surface area contributed by atoms with Gasteiger partial charge in [-0.3, -0.25) is 25.8 Å². The van der Waals surface area contributed by atoms with Crippen LogP contribution in [0.25, 0.3) is 0 Å². The molecule has 0 bridgehead atoms. The summed E-state index contributed by atoms with van der Waals surface area (Å²) in [6.45, 7) is 1.77. The van der Waals surface area contributed by atoms with Gasteiger partial charge in [0.25, 0.3) is 5.91 Å². The molecule has 1 heterocycles. The third-order valence-corrected chi connectivity index (χ3v) is 4.09. The van der Waals surface area contributed by atoms with Gasteiger partial charge in [-0.05, 0) is 42.8 Å². The molecule has 1 aromatic heterocycles. The molecule has 3 aromatic rings. The Morgan fingerprint density at radius 2 is 1.90 bits per heavy atom. The average Bonchev–Trinajstić information content (AvgIpc) is 2.68. The summed E-state index contributed by atoms with van der Waals surface area (Å²) in [7, 11) is 0. The van der Waals surface area contributed by atoms with Crippen LogP contribution in [0.3, 0.4) is 0 Å². The highest BCUT2D eigenvalue weighted by Crippen LogP contribution is 2.32. The highest BCUT2D eigenvalue weighted by atomic mass is 35.5. The van der Waals surface area contributed by atoms with Crippen molar-refractivity contribution in [1.29, 1.82) is 0 Å². The van der Waals surface area contributed by atoms with Crippen LogP contribution in [-0.4, -0.2) is 20.8 Å². The lowest BCUT2D eigenvalue weighted by Gasteiger charge is -2.12. The molecule has 0 spiro atoms. The third-order valence-electron chi connectivity index (χ3n) is 3.86. The Hall–Kier alpha value is -3.79. The molecule has 0 aliphatic carbocycles. The van der Waals surface area contributed by atoms with Crippen LogP contribution in [0, 0.1) is 22.9 Å². The number of carbonyl (C=O) groups excluding carboxylic acids is 1. The lowest BCUT2D eigenvalue weighted by molar-refractivity contribution is -0.383. The van der Waals surface area contributed by atoms with Crippen molar-refractivity contribution in [2.24, 2.45) is 0 Å². The fourth-order valence-corrected chi connectivity index (χ4v) is 2.68. The number of hydrogen-bond acceptors (Lipinski definition) is 7. The van der Waals surface area contributed by atoms with Gasteiger partial charge in [-0.25, -0.2) is 14.4 Å². The minimum atomic E-state index is -0.820. The van der Waals surface area contributed by atoms with Crippen LogP contribution < -0.4 is 16.2 Å². The van der Waals surface area contributed by atoms with E-state index in [1.165, 1.54) is 18.2 Å². The molecule has 2 aromatic carbocycles. The number of rotatable bonds is 6. The topological polar surface area (TPSA) is 122 Å². The van der Waals surface area contributed by atoms with E-state index in [9.17, 15) is 19.3 Å². The van der Waals surface area contributed by atoms with Gasteiger partial charge in [-0.2, -0.15) is 0 Å². The molecule has 3 rings (SSSR count). The molecule has 1 amide bonds. The van der Waals surface area contributed by atoms with Crippen molar-refractivity contribution in [2.75, 3.05) is 10.7 Å². The van der Waals surface area contributed by atoms with Crippen LogP contribution in [0.4, 0.5) is 27.4 Å². The first-order chi connectivity index (χ1) is 13.9. The molecule has 3 N–H and O–H groups in total. The molecule has 0 aliphatic heterocycles. The van der Waals surface area contributed by atoms with Crippen LogP contribution in [-0.2, 0) is 0 Å². The largest absolute Gasteiger partial charge is 0.355 e. The molecule has 0 atom stereocenters. The highest BCUT2D eigenvalue weighted by Gasteiger charge is 2.24. The summed E-state index contributed by atoms with van der Waals surface area (Å²) in [4.78, 5) is 30.7. The van der Waals surface area contributed by atoms with E-state index in [2.05, 4.69) is 26.1 Å². The zero-order valence-corrected chi connectivity index (χ0v) is 15.7. The number of nitrogens with one attached hydrogen (secondary N) is 3. The summed E-state index contributed by atoms with van der Waals surface area (Å²) >= 11 is 5.92. The molecule has 11 heteroatoms. The highest BCUT2D eigenvalue weighted by molar-refractivity contribution is 6.30. The van der Waals surface area contributed by atoms with Gasteiger partial charge in [-0.15, -0.1) is 0 Å². The standard InChI is InChI=1S/C18H14ClFN6O3/c1-10-8-11(19)6-7-14(10)23-16-15(26(28)29)17(22-9-21-16)24-25-18(27)12-4-2-3-5-13(12)20/h2-9H,1H3,(H,25,27)(H2,21,22,23,24). The Morgan fingerprint density at radius 3 is 2.59 bits per heavy atom. The average molecular weight is 417 g/mol. The van der Waals surface area contributed by atoms with Crippen molar-refractivity contribution in [3.05, 3.63) is 80.9 Å². The maximum absolute atomic E-state index is 13.7. The summed E-state index contributed by atoms with van der Waals surface area (Å²) in [5.41, 5.74) is 5.11. The van der Waals surface area contributed by atoms with E-state index in [0.29, 0.717) is 10.7 Å². The number of nitro groups is 1. The predicted molar refractivity (Wildman–Crippen MR) is 106 cm³/mol. The molecule has 0 unspecified atom stereocenters. The van der Waals surface area contributed by atoms with Crippen molar-refractivity contribution in [2.45, 2.75) is 6.92 Å². The van der Waals surface area contributed by atoms with E-state index < -0.39 is 22.3 Å². The summed E-state index contributed by atoms with van der Waals surface area (Å²) in [5.74, 6) is -1.93. The number of benzene rings is 2. The Labute approximate surface area is 169 Å². The fraction of sp³-hybridized carbons (Fsp3) is 0.0556. The molecular weight excluding hydrogens is 403 g/mol. The second-order valence-corrected chi connectivity index (χ2v) is 6.26. The Balaban J connectivity index is 1.86. The second-order valence-electron chi connectivity index (χ2n) is 5.82. The fourth-order valence-electron chi connectivity index (χ4n) is 2.46. The monoisotopic (exact) mass is 416 g/mol. The van der Waals surface area contributed by atoms with Crippen molar-refractivity contribution >= 4 is 40.5 Å². The minimum Gasteiger partial charge on any atom is -0.334 e.